The lowest BCUT2D eigenvalue weighted by Gasteiger charge is -2.16. The molecule has 0 aliphatic carbocycles. The lowest BCUT2D eigenvalue weighted by molar-refractivity contribution is -0.129. The van der Waals surface area contributed by atoms with Crippen LogP contribution in [0.15, 0.2) is 47.0 Å². The Balaban J connectivity index is 1.46. The zero-order valence-electron chi connectivity index (χ0n) is 17.8. The first-order valence-corrected chi connectivity index (χ1v) is 9.82. The van der Waals surface area contributed by atoms with E-state index in [1.165, 1.54) is 0 Å². The molecule has 0 N–H and O–H groups in total. The van der Waals surface area contributed by atoms with Gasteiger partial charge in [-0.05, 0) is 54.8 Å². The molecule has 0 atom stereocenters. The Morgan fingerprint density at radius 3 is 2.43 bits per heavy atom. The Labute approximate surface area is 176 Å². The highest BCUT2D eigenvalue weighted by molar-refractivity contribution is 5.78. The first-order chi connectivity index (χ1) is 14.4. The summed E-state index contributed by atoms with van der Waals surface area (Å²) in [5.41, 5.74) is 3.22. The molecule has 1 aromatic heterocycles. The molecule has 0 fully saturated rings. The van der Waals surface area contributed by atoms with E-state index in [2.05, 4.69) is 16.2 Å². The second kappa shape index (κ2) is 9.91. The summed E-state index contributed by atoms with van der Waals surface area (Å²) in [5, 5.41) is 3.98. The quantitative estimate of drug-likeness (QED) is 0.538. The average Bonchev–Trinajstić information content (AvgIpc) is 3.18. The van der Waals surface area contributed by atoms with Crippen LogP contribution in [0.1, 0.15) is 28.4 Å². The van der Waals surface area contributed by atoms with Crippen molar-refractivity contribution in [1.29, 1.82) is 0 Å². The van der Waals surface area contributed by atoms with Crippen LogP contribution in [0.5, 0.6) is 11.5 Å². The number of benzene rings is 2. The largest absolute Gasteiger partial charge is 0.497 e. The van der Waals surface area contributed by atoms with Crippen LogP contribution >= 0.6 is 0 Å². The van der Waals surface area contributed by atoms with E-state index < -0.39 is 0 Å². The molecule has 7 nitrogen and oxygen atoms in total. The van der Waals surface area contributed by atoms with Gasteiger partial charge in [-0.3, -0.25) is 4.79 Å². The van der Waals surface area contributed by atoms with Crippen LogP contribution in [0.4, 0.5) is 0 Å². The van der Waals surface area contributed by atoms with Crippen molar-refractivity contribution in [2.75, 3.05) is 20.7 Å². The molecule has 0 aliphatic rings. The summed E-state index contributed by atoms with van der Waals surface area (Å²) in [6.45, 7) is 4.77. The first kappa shape index (κ1) is 21.4. The molecular weight excluding hydrogens is 382 g/mol. The van der Waals surface area contributed by atoms with Crippen LogP contribution in [-0.4, -0.2) is 41.6 Å². The molecule has 0 unspecified atom stereocenters. The Kier molecular flexibility index (Phi) is 7.06. The van der Waals surface area contributed by atoms with Crippen molar-refractivity contribution >= 4 is 5.91 Å². The van der Waals surface area contributed by atoms with E-state index in [1.54, 1.807) is 19.1 Å². The number of nitrogens with zero attached hydrogens (tertiary/aromatic N) is 3. The minimum atomic E-state index is 0.0297. The number of methoxy groups -OCH3 is 1. The van der Waals surface area contributed by atoms with Gasteiger partial charge in [0.05, 0.1) is 13.5 Å². The van der Waals surface area contributed by atoms with Crippen LogP contribution in [0, 0.1) is 13.8 Å². The van der Waals surface area contributed by atoms with Gasteiger partial charge in [-0.2, -0.15) is 4.98 Å². The van der Waals surface area contributed by atoms with Gasteiger partial charge in [0, 0.05) is 20.0 Å². The molecule has 3 rings (SSSR count). The molecule has 2 aromatic carbocycles. The van der Waals surface area contributed by atoms with Crippen LogP contribution in [0.3, 0.4) is 0 Å². The van der Waals surface area contributed by atoms with Gasteiger partial charge in [-0.1, -0.05) is 23.4 Å². The van der Waals surface area contributed by atoms with Gasteiger partial charge >= 0.3 is 0 Å². The average molecular weight is 409 g/mol. The number of aryl methyl sites for hydroxylation is 2. The summed E-state index contributed by atoms with van der Waals surface area (Å²) >= 11 is 0. The number of hydrogen-bond donors (Lipinski definition) is 0. The zero-order valence-corrected chi connectivity index (χ0v) is 17.8. The van der Waals surface area contributed by atoms with Crippen molar-refractivity contribution in [3.05, 3.63) is 70.9 Å². The fourth-order valence-corrected chi connectivity index (χ4v) is 3.06. The topological polar surface area (TPSA) is 77.7 Å². The van der Waals surface area contributed by atoms with E-state index in [4.69, 9.17) is 14.0 Å². The normalized spacial score (nSPS) is 10.7. The molecule has 0 saturated heterocycles. The van der Waals surface area contributed by atoms with Crippen molar-refractivity contribution in [3.8, 4) is 11.5 Å². The minimum absolute atomic E-state index is 0.0297. The lowest BCUT2D eigenvalue weighted by atomic mass is 10.1. The summed E-state index contributed by atoms with van der Waals surface area (Å²) in [6.07, 6.45) is 0.847. The summed E-state index contributed by atoms with van der Waals surface area (Å²) in [4.78, 5) is 18.4. The Bertz CT molecular complexity index is 962. The highest BCUT2D eigenvalue weighted by Crippen LogP contribution is 2.17. The van der Waals surface area contributed by atoms with Crippen LogP contribution in [0.2, 0.25) is 0 Å². The third-order valence-corrected chi connectivity index (χ3v) is 4.68. The summed E-state index contributed by atoms with van der Waals surface area (Å²) in [7, 11) is 3.39. The maximum atomic E-state index is 12.4. The van der Waals surface area contributed by atoms with E-state index in [0.717, 1.165) is 28.2 Å². The third-order valence-electron chi connectivity index (χ3n) is 4.68. The smallest absolute Gasteiger partial charge is 0.264 e. The number of amides is 1. The standard InChI is InChI=1S/C23H27N3O4/c1-16-11-17(2)13-20(12-16)29-15-22-24-21(25-30-22)9-10-26(3)23(27)14-18-5-7-19(28-4)8-6-18/h5-8,11-13H,9-10,14-15H2,1-4H3. The van der Waals surface area contributed by atoms with Crippen molar-refractivity contribution in [2.45, 2.75) is 33.3 Å². The van der Waals surface area contributed by atoms with Gasteiger partial charge in [-0.15, -0.1) is 0 Å². The van der Waals surface area contributed by atoms with Crippen molar-refractivity contribution in [2.24, 2.45) is 0 Å². The van der Waals surface area contributed by atoms with Gasteiger partial charge in [0.2, 0.25) is 5.91 Å². The maximum Gasteiger partial charge on any atom is 0.264 e. The summed E-state index contributed by atoms with van der Waals surface area (Å²) in [5.74, 6) is 2.54. The number of carbonyl (C=O) groups is 1. The fraction of sp³-hybridized carbons (Fsp3) is 0.348. The molecule has 30 heavy (non-hydrogen) atoms. The van der Waals surface area contributed by atoms with E-state index in [-0.39, 0.29) is 12.5 Å². The Morgan fingerprint density at radius 1 is 1.07 bits per heavy atom. The molecule has 0 aliphatic heterocycles. The second-order valence-corrected chi connectivity index (χ2v) is 7.31. The van der Waals surface area contributed by atoms with Gasteiger partial charge in [0.25, 0.3) is 5.89 Å². The number of hydrogen-bond acceptors (Lipinski definition) is 6. The van der Waals surface area contributed by atoms with Crippen molar-refractivity contribution in [1.82, 2.24) is 15.0 Å². The van der Waals surface area contributed by atoms with E-state index >= 15 is 0 Å². The Hall–Kier alpha value is -3.35. The van der Waals surface area contributed by atoms with Gasteiger partial charge < -0.3 is 18.9 Å². The molecule has 0 radical (unpaired) electrons. The highest BCUT2D eigenvalue weighted by Gasteiger charge is 2.13. The monoisotopic (exact) mass is 409 g/mol. The molecule has 1 amide bonds. The molecule has 7 heteroatoms. The molecular formula is C23H27N3O4. The molecule has 0 saturated carbocycles. The summed E-state index contributed by atoms with van der Waals surface area (Å²) < 4.78 is 16.1. The van der Waals surface area contributed by atoms with E-state index in [1.807, 2.05) is 50.2 Å². The minimum Gasteiger partial charge on any atom is -0.497 e. The molecule has 1 heterocycles. The SMILES string of the molecule is COc1ccc(CC(=O)N(C)CCc2noc(COc3cc(C)cc(C)c3)n2)cc1. The number of aromatic nitrogens is 2. The van der Waals surface area contributed by atoms with Gasteiger partial charge in [0.1, 0.15) is 11.5 Å². The molecule has 3 aromatic rings. The maximum absolute atomic E-state index is 12.4. The first-order valence-electron chi connectivity index (χ1n) is 9.82. The van der Waals surface area contributed by atoms with Crippen LogP contribution < -0.4 is 9.47 Å². The lowest BCUT2D eigenvalue weighted by Crippen LogP contribution is -2.30. The Morgan fingerprint density at radius 2 is 1.77 bits per heavy atom. The molecule has 158 valence electrons. The highest BCUT2D eigenvalue weighted by atomic mass is 16.5. The number of ether oxygens (including phenoxy) is 2. The van der Waals surface area contributed by atoms with Crippen molar-refractivity contribution in [3.63, 3.8) is 0 Å². The number of likely N-dealkylation sites (N-methyl/N-ethyl adjacent to an activating group) is 1. The van der Waals surface area contributed by atoms with Crippen LogP contribution in [0.25, 0.3) is 0 Å². The van der Waals surface area contributed by atoms with E-state index in [0.29, 0.717) is 31.1 Å². The fourth-order valence-electron chi connectivity index (χ4n) is 3.06. The van der Waals surface area contributed by atoms with Crippen molar-refractivity contribution < 1.29 is 18.8 Å². The zero-order chi connectivity index (χ0) is 21.5. The van der Waals surface area contributed by atoms with Gasteiger partial charge in [-0.25, -0.2) is 0 Å². The predicted octanol–water partition coefficient (Wildman–Crippen LogP) is 3.52. The van der Waals surface area contributed by atoms with Crippen LogP contribution in [-0.2, 0) is 24.2 Å². The predicted molar refractivity (Wildman–Crippen MR) is 113 cm³/mol. The van der Waals surface area contributed by atoms with E-state index in [9.17, 15) is 4.79 Å². The third kappa shape index (κ3) is 6.07. The number of carbonyl (C=O) groups excluding carboxylic acids is 1. The summed E-state index contributed by atoms with van der Waals surface area (Å²) in [6, 6.07) is 13.5. The molecule has 0 spiro atoms. The molecule has 0 bridgehead atoms. The second-order valence-electron chi connectivity index (χ2n) is 7.31. The van der Waals surface area contributed by atoms with Gasteiger partial charge in [0.15, 0.2) is 12.4 Å². The number of rotatable bonds is 9.